The zero-order valence-corrected chi connectivity index (χ0v) is 18.4. The van der Waals surface area contributed by atoms with Crippen LogP contribution in [0.15, 0.2) is 53.9 Å². The van der Waals surface area contributed by atoms with Crippen molar-refractivity contribution in [2.24, 2.45) is 5.73 Å². The van der Waals surface area contributed by atoms with Crippen LogP contribution in [0.4, 0.5) is 5.69 Å². The quantitative estimate of drug-likeness (QED) is 0.436. The Labute approximate surface area is 189 Å². The van der Waals surface area contributed by atoms with Crippen molar-refractivity contribution in [1.82, 2.24) is 10.3 Å². The first-order valence-electron chi connectivity index (χ1n) is 10.1. The maximum atomic E-state index is 12.6. The Morgan fingerprint density at radius 2 is 1.84 bits per heavy atom. The van der Waals surface area contributed by atoms with Gasteiger partial charge in [-0.25, -0.2) is 4.98 Å². The van der Waals surface area contributed by atoms with E-state index in [1.807, 2.05) is 36.6 Å². The van der Waals surface area contributed by atoms with Gasteiger partial charge in [0, 0.05) is 18.3 Å². The molecule has 8 nitrogen and oxygen atoms in total. The summed E-state index contributed by atoms with van der Waals surface area (Å²) in [6.07, 6.45) is 0.101. The van der Waals surface area contributed by atoms with Crippen LogP contribution < -0.4 is 21.1 Å². The second kappa shape index (κ2) is 11.1. The molecule has 1 aromatic heterocycles. The number of hydrogen-bond donors (Lipinski definition) is 3. The molecule has 0 saturated heterocycles. The standard InChI is InChI=1S/C23H24N4O4S/c1-2-31-19-10-6-4-8-17(19)23-26-15(14-32-23)13-21(29)27-18-9-5-3-7-16(18)22(30)25-12-11-20(24)28/h3-10,14H,2,11-13H2,1H3,(H2,24,28)(H,25,30)(H,27,29). The molecule has 9 heteroatoms. The molecule has 0 aliphatic carbocycles. The number of para-hydroxylation sites is 2. The molecule has 32 heavy (non-hydrogen) atoms. The van der Waals surface area contributed by atoms with Gasteiger partial charge in [-0.1, -0.05) is 24.3 Å². The fraction of sp³-hybridized carbons (Fsp3) is 0.217. The second-order valence-corrected chi connectivity index (χ2v) is 7.67. The molecule has 0 bridgehead atoms. The van der Waals surface area contributed by atoms with Gasteiger partial charge in [-0.3, -0.25) is 14.4 Å². The molecule has 166 valence electrons. The third-order valence-corrected chi connectivity index (χ3v) is 5.34. The number of primary amides is 1. The highest BCUT2D eigenvalue weighted by Gasteiger charge is 2.15. The van der Waals surface area contributed by atoms with E-state index in [2.05, 4.69) is 15.6 Å². The van der Waals surface area contributed by atoms with Crippen molar-refractivity contribution in [3.8, 4) is 16.3 Å². The first-order chi connectivity index (χ1) is 15.5. The molecule has 0 aliphatic rings. The Kier molecular flexibility index (Phi) is 7.93. The van der Waals surface area contributed by atoms with Gasteiger partial charge in [-0.15, -0.1) is 11.3 Å². The Bertz CT molecular complexity index is 1110. The van der Waals surface area contributed by atoms with Crippen molar-refractivity contribution in [3.05, 3.63) is 65.2 Å². The number of carbonyl (C=O) groups excluding carboxylic acids is 3. The van der Waals surface area contributed by atoms with Gasteiger partial charge in [-0.05, 0) is 31.2 Å². The number of nitrogens with two attached hydrogens (primary N) is 1. The largest absolute Gasteiger partial charge is 0.493 e. The first kappa shape index (κ1) is 23.0. The van der Waals surface area contributed by atoms with Gasteiger partial charge in [0.05, 0.1) is 35.5 Å². The maximum absolute atomic E-state index is 12.6. The molecular weight excluding hydrogens is 428 g/mol. The Balaban J connectivity index is 1.66. The van der Waals surface area contributed by atoms with Gasteiger partial charge in [0.1, 0.15) is 10.8 Å². The number of ether oxygens (including phenoxy) is 1. The Morgan fingerprint density at radius 1 is 1.09 bits per heavy atom. The Morgan fingerprint density at radius 3 is 2.62 bits per heavy atom. The molecule has 2 aromatic carbocycles. The number of anilines is 1. The fourth-order valence-corrected chi connectivity index (χ4v) is 3.83. The molecule has 3 amide bonds. The van der Waals surface area contributed by atoms with Gasteiger partial charge in [-0.2, -0.15) is 0 Å². The minimum Gasteiger partial charge on any atom is -0.493 e. The van der Waals surface area contributed by atoms with E-state index in [0.29, 0.717) is 23.6 Å². The number of nitrogens with zero attached hydrogens (tertiary/aromatic N) is 1. The normalized spacial score (nSPS) is 10.4. The lowest BCUT2D eigenvalue weighted by molar-refractivity contribution is -0.118. The van der Waals surface area contributed by atoms with Gasteiger partial charge < -0.3 is 21.1 Å². The van der Waals surface area contributed by atoms with Crippen LogP contribution in [0.2, 0.25) is 0 Å². The molecule has 0 fully saturated rings. The van der Waals surface area contributed by atoms with Crippen LogP contribution in [0, 0.1) is 0 Å². The monoisotopic (exact) mass is 452 g/mol. The van der Waals surface area contributed by atoms with Gasteiger partial charge in [0.25, 0.3) is 5.91 Å². The fourth-order valence-electron chi connectivity index (χ4n) is 2.98. The van der Waals surface area contributed by atoms with E-state index in [1.165, 1.54) is 11.3 Å². The number of amides is 3. The molecule has 3 rings (SSSR count). The number of hydrogen-bond acceptors (Lipinski definition) is 6. The summed E-state index contributed by atoms with van der Waals surface area (Å²) in [6, 6.07) is 14.3. The number of nitrogens with one attached hydrogen (secondary N) is 2. The predicted octanol–water partition coefficient (Wildman–Crippen LogP) is 3.00. The number of rotatable bonds is 10. The Hall–Kier alpha value is -3.72. The van der Waals surface area contributed by atoms with E-state index in [0.717, 1.165) is 16.3 Å². The van der Waals surface area contributed by atoms with E-state index in [-0.39, 0.29) is 25.3 Å². The first-order valence-corrected chi connectivity index (χ1v) is 11.0. The summed E-state index contributed by atoms with van der Waals surface area (Å²) in [6.45, 7) is 2.60. The highest BCUT2D eigenvalue weighted by molar-refractivity contribution is 7.13. The van der Waals surface area contributed by atoms with E-state index >= 15 is 0 Å². The van der Waals surface area contributed by atoms with E-state index in [4.69, 9.17) is 10.5 Å². The van der Waals surface area contributed by atoms with Gasteiger partial charge in [0.2, 0.25) is 11.8 Å². The zero-order valence-electron chi connectivity index (χ0n) is 17.6. The van der Waals surface area contributed by atoms with Crippen molar-refractivity contribution in [2.75, 3.05) is 18.5 Å². The number of carbonyl (C=O) groups is 3. The third-order valence-electron chi connectivity index (χ3n) is 4.41. The smallest absolute Gasteiger partial charge is 0.253 e. The van der Waals surface area contributed by atoms with Gasteiger partial charge >= 0.3 is 0 Å². The minimum absolute atomic E-state index is 0.0405. The van der Waals surface area contributed by atoms with Crippen LogP contribution >= 0.6 is 11.3 Å². The number of thiazole rings is 1. The topological polar surface area (TPSA) is 123 Å². The van der Waals surface area contributed by atoms with Crippen LogP contribution in [0.5, 0.6) is 5.75 Å². The predicted molar refractivity (Wildman–Crippen MR) is 124 cm³/mol. The molecule has 0 radical (unpaired) electrons. The van der Waals surface area contributed by atoms with E-state index < -0.39 is 11.8 Å². The van der Waals surface area contributed by atoms with Crippen molar-refractivity contribution in [3.63, 3.8) is 0 Å². The second-order valence-electron chi connectivity index (χ2n) is 6.82. The highest BCUT2D eigenvalue weighted by Crippen LogP contribution is 2.32. The summed E-state index contributed by atoms with van der Waals surface area (Å²) in [5.74, 6) is -0.446. The highest BCUT2D eigenvalue weighted by atomic mass is 32.1. The molecule has 3 aromatic rings. The number of aromatic nitrogens is 1. The average Bonchev–Trinajstić information content (AvgIpc) is 3.22. The average molecular weight is 453 g/mol. The molecule has 0 atom stereocenters. The van der Waals surface area contributed by atoms with Crippen LogP contribution in [-0.2, 0) is 16.0 Å². The molecule has 4 N–H and O–H groups in total. The van der Waals surface area contributed by atoms with Gasteiger partial charge in [0.15, 0.2) is 0 Å². The van der Waals surface area contributed by atoms with Crippen LogP contribution in [0.3, 0.4) is 0 Å². The van der Waals surface area contributed by atoms with Crippen LogP contribution in [0.25, 0.3) is 10.6 Å². The van der Waals surface area contributed by atoms with Crippen LogP contribution in [0.1, 0.15) is 29.4 Å². The summed E-state index contributed by atoms with van der Waals surface area (Å²) in [5, 5.41) is 7.99. The molecule has 0 aliphatic heterocycles. The van der Waals surface area contributed by atoms with E-state index in [1.54, 1.807) is 24.3 Å². The maximum Gasteiger partial charge on any atom is 0.253 e. The molecular formula is C23H24N4O4S. The SMILES string of the molecule is CCOc1ccccc1-c1nc(CC(=O)Nc2ccccc2C(=O)NCCC(N)=O)cs1. The van der Waals surface area contributed by atoms with Crippen molar-refractivity contribution < 1.29 is 19.1 Å². The summed E-state index contributed by atoms with van der Waals surface area (Å²) >= 11 is 1.44. The summed E-state index contributed by atoms with van der Waals surface area (Å²) in [7, 11) is 0. The van der Waals surface area contributed by atoms with E-state index in [9.17, 15) is 14.4 Å². The summed E-state index contributed by atoms with van der Waals surface area (Å²) in [4.78, 5) is 40.4. The third kappa shape index (κ3) is 6.14. The zero-order chi connectivity index (χ0) is 22.9. The summed E-state index contributed by atoms with van der Waals surface area (Å²) in [5.41, 5.74) is 7.27. The molecule has 1 heterocycles. The summed E-state index contributed by atoms with van der Waals surface area (Å²) < 4.78 is 5.66. The van der Waals surface area contributed by atoms with Crippen molar-refractivity contribution in [1.29, 1.82) is 0 Å². The minimum atomic E-state index is -0.501. The molecule has 0 saturated carbocycles. The number of benzene rings is 2. The lowest BCUT2D eigenvalue weighted by Crippen LogP contribution is -2.29. The molecule has 0 unspecified atom stereocenters. The van der Waals surface area contributed by atoms with Crippen LogP contribution in [-0.4, -0.2) is 35.9 Å². The lowest BCUT2D eigenvalue weighted by atomic mass is 10.1. The molecule has 0 spiro atoms. The van der Waals surface area contributed by atoms with Crippen molar-refractivity contribution in [2.45, 2.75) is 19.8 Å². The lowest BCUT2D eigenvalue weighted by Gasteiger charge is -2.11. The van der Waals surface area contributed by atoms with Crippen molar-refractivity contribution >= 4 is 34.7 Å².